The highest BCUT2D eigenvalue weighted by atomic mass is 32.1. The number of para-hydroxylation sites is 1. The molecule has 0 aliphatic carbocycles. The molecule has 0 unspecified atom stereocenters. The summed E-state index contributed by atoms with van der Waals surface area (Å²) in [5, 5.41) is 5.87. The molecule has 0 aliphatic heterocycles. The van der Waals surface area contributed by atoms with E-state index in [1.54, 1.807) is 42.7 Å². The summed E-state index contributed by atoms with van der Waals surface area (Å²) in [6.07, 6.45) is 0.712. The summed E-state index contributed by atoms with van der Waals surface area (Å²) in [5.41, 5.74) is 2.67. The first kappa shape index (κ1) is 18.9. The van der Waals surface area contributed by atoms with Gasteiger partial charge >= 0.3 is 0 Å². The number of benzene rings is 2. The van der Waals surface area contributed by atoms with Crippen LogP contribution in [-0.4, -0.2) is 24.5 Å². The molecule has 0 fully saturated rings. The summed E-state index contributed by atoms with van der Waals surface area (Å²) in [5.74, 6) is 1.45. The fourth-order valence-electron chi connectivity index (χ4n) is 2.64. The maximum absolute atomic E-state index is 12.3. The fourth-order valence-corrected chi connectivity index (χ4v) is 3.32. The monoisotopic (exact) mass is 382 g/mol. The Morgan fingerprint density at radius 2 is 1.93 bits per heavy atom. The number of rotatable bonds is 8. The van der Waals surface area contributed by atoms with E-state index in [9.17, 15) is 4.79 Å². The fraction of sp³-hybridized carbons (Fsp3) is 0.238. The lowest BCUT2D eigenvalue weighted by Crippen LogP contribution is -2.25. The van der Waals surface area contributed by atoms with Crippen LogP contribution in [0, 0.1) is 6.92 Å². The maximum Gasteiger partial charge on any atom is 0.251 e. The van der Waals surface area contributed by atoms with E-state index in [1.165, 1.54) is 0 Å². The summed E-state index contributed by atoms with van der Waals surface area (Å²) in [6.45, 7) is 2.94. The van der Waals surface area contributed by atoms with E-state index < -0.39 is 0 Å². The number of carbonyl (C=O) groups is 1. The van der Waals surface area contributed by atoms with Crippen LogP contribution in [0.5, 0.6) is 11.5 Å². The number of nitrogens with one attached hydrogen (secondary N) is 1. The average Bonchev–Trinajstić information content (AvgIpc) is 3.12. The number of hydrogen-bond donors (Lipinski definition) is 1. The van der Waals surface area contributed by atoms with Crippen LogP contribution in [0.2, 0.25) is 0 Å². The number of methoxy groups -OCH3 is 1. The van der Waals surface area contributed by atoms with Gasteiger partial charge in [-0.25, -0.2) is 4.98 Å². The van der Waals surface area contributed by atoms with Gasteiger partial charge in [0.05, 0.1) is 7.11 Å². The predicted octanol–water partition coefficient (Wildman–Crippen LogP) is 4.01. The van der Waals surface area contributed by atoms with Gasteiger partial charge in [-0.3, -0.25) is 4.79 Å². The standard InChI is InChI=1S/C21H22N2O3S/c1-15-14-27-20(23-15)13-26-18-9-7-17(8-10-18)21(24)22-12-11-16-5-3-4-6-19(16)25-2/h3-10,14H,11-13H2,1-2H3,(H,22,24). The average molecular weight is 382 g/mol. The summed E-state index contributed by atoms with van der Waals surface area (Å²) in [6, 6.07) is 14.9. The summed E-state index contributed by atoms with van der Waals surface area (Å²) in [7, 11) is 1.65. The topological polar surface area (TPSA) is 60.5 Å². The predicted molar refractivity (Wildman–Crippen MR) is 107 cm³/mol. The molecule has 6 heteroatoms. The van der Waals surface area contributed by atoms with Gasteiger partial charge in [0.25, 0.3) is 5.91 Å². The highest BCUT2D eigenvalue weighted by Crippen LogP contribution is 2.18. The number of aromatic nitrogens is 1. The number of hydrogen-bond acceptors (Lipinski definition) is 5. The molecule has 140 valence electrons. The van der Waals surface area contributed by atoms with Gasteiger partial charge in [-0.2, -0.15) is 0 Å². The van der Waals surface area contributed by atoms with E-state index in [4.69, 9.17) is 9.47 Å². The lowest BCUT2D eigenvalue weighted by Gasteiger charge is -2.09. The minimum atomic E-state index is -0.105. The zero-order valence-electron chi connectivity index (χ0n) is 15.4. The van der Waals surface area contributed by atoms with Crippen molar-refractivity contribution >= 4 is 17.2 Å². The zero-order chi connectivity index (χ0) is 19.1. The minimum Gasteiger partial charge on any atom is -0.496 e. The second-order valence-electron chi connectivity index (χ2n) is 6.01. The van der Waals surface area contributed by atoms with Gasteiger partial charge in [-0.15, -0.1) is 11.3 Å². The molecule has 5 nitrogen and oxygen atoms in total. The SMILES string of the molecule is COc1ccccc1CCNC(=O)c1ccc(OCc2nc(C)cs2)cc1. The first-order chi connectivity index (χ1) is 13.2. The summed E-state index contributed by atoms with van der Waals surface area (Å²) in [4.78, 5) is 16.7. The molecule has 0 saturated carbocycles. The first-order valence-corrected chi connectivity index (χ1v) is 9.57. The molecule has 3 rings (SSSR count). The van der Waals surface area contributed by atoms with Gasteiger partial charge in [-0.1, -0.05) is 18.2 Å². The quantitative estimate of drug-likeness (QED) is 0.639. The Balaban J connectivity index is 1.48. The van der Waals surface area contributed by atoms with Crippen molar-refractivity contribution in [1.29, 1.82) is 0 Å². The third-order valence-corrected chi connectivity index (χ3v) is 4.96. The van der Waals surface area contributed by atoms with Crippen molar-refractivity contribution in [2.75, 3.05) is 13.7 Å². The molecule has 27 heavy (non-hydrogen) atoms. The Labute approximate surface area is 163 Å². The largest absolute Gasteiger partial charge is 0.496 e. The molecule has 0 spiro atoms. The van der Waals surface area contributed by atoms with E-state index in [-0.39, 0.29) is 5.91 Å². The second kappa shape index (κ2) is 9.19. The van der Waals surface area contributed by atoms with Gasteiger partial charge in [0, 0.05) is 23.2 Å². The van der Waals surface area contributed by atoms with Crippen LogP contribution in [0.25, 0.3) is 0 Å². The number of carbonyl (C=O) groups excluding carboxylic acids is 1. The third kappa shape index (κ3) is 5.31. The summed E-state index contributed by atoms with van der Waals surface area (Å²) >= 11 is 1.58. The Hall–Kier alpha value is -2.86. The number of amides is 1. The van der Waals surface area contributed by atoms with Crippen LogP contribution < -0.4 is 14.8 Å². The Kier molecular flexibility index (Phi) is 6.44. The molecule has 1 N–H and O–H groups in total. The van der Waals surface area contributed by atoms with Crippen LogP contribution in [0.1, 0.15) is 26.6 Å². The number of aryl methyl sites for hydroxylation is 1. The molecule has 0 atom stereocenters. The van der Waals surface area contributed by atoms with Crippen LogP contribution in [0.15, 0.2) is 53.9 Å². The Morgan fingerprint density at radius 1 is 1.15 bits per heavy atom. The van der Waals surface area contributed by atoms with Gasteiger partial charge in [0.2, 0.25) is 0 Å². The normalized spacial score (nSPS) is 10.4. The van der Waals surface area contributed by atoms with Crippen molar-refractivity contribution in [2.45, 2.75) is 20.0 Å². The molecule has 1 aromatic heterocycles. The van der Waals surface area contributed by atoms with E-state index >= 15 is 0 Å². The third-order valence-electron chi connectivity index (χ3n) is 4.02. The molecule has 0 aliphatic rings. The zero-order valence-corrected chi connectivity index (χ0v) is 16.2. The molecule has 0 radical (unpaired) electrons. The lowest BCUT2D eigenvalue weighted by atomic mass is 10.1. The van der Waals surface area contributed by atoms with Crippen molar-refractivity contribution in [1.82, 2.24) is 10.3 Å². The molecule has 1 heterocycles. The second-order valence-corrected chi connectivity index (χ2v) is 6.96. The molecule has 0 bridgehead atoms. The minimum absolute atomic E-state index is 0.105. The van der Waals surface area contributed by atoms with Crippen molar-refractivity contribution in [3.05, 3.63) is 75.7 Å². The van der Waals surface area contributed by atoms with Gasteiger partial charge in [0.1, 0.15) is 23.1 Å². The van der Waals surface area contributed by atoms with Gasteiger partial charge in [-0.05, 0) is 49.2 Å². The first-order valence-electron chi connectivity index (χ1n) is 8.69. The van der Waals surface area contributed by atoms with E-state index in [0.717, 1.165) is 22.0 Å². The van der Waals surface area contributed by atoms with E-state index in [2.05, 4.69) is 10.3 Å². The van der Waals surface area contributed by atoms with Crippen molar-refractivity contribution in [3.63, 3.8) is 0 Å². The molecule has 3 aromatic rings. The highest BCUT2D eigenvalue weighted by Gasteiger charge is 2.07. The molecule has 1 amide bonds. The van der Waals surface area contributed by atoms with Crippen molar-refractivity contribution in [3.8, 4) is 11.5 Å². The van der Waals surface area contributed by atoms with Gasteiger partial charge < -0.3 is 14.8 Å². The van der Waals surface area contributed by atoms with Crippen LogP contribution in [-0.2, 0) is 13.0 Å². The van der Waals surface area contributed by atoms with Crippen molar-refractivity contribution < 1.29 is 14.3 Å². The molecule has 2 aromatic carbocycles. The maximum atomic E-state index is 12.3. The smallest absolute Gasteiger partial charge is 0.251 e. The van der Waals surface area contributed by atoms with Gasteiger partial charge in [0.15, 0.2) is 0 Å². The van der Waals surface area contributed by atoms with E-state index in [1.807, 2.05) is 36.6 Å². The number of thiazole rings is 1. The molecular weight excluding hydrogens is 360 g/mol. The number of ether oxygens (including phenoxy) is 2. The summed E-state index contributed by atoms with van der Waals surface area (Å²) < 4.78 is 11.0. The van der Waals surface area contributed by atoms with Crippen LogP contribution in [0.3, 0.4) is 0 Å². The van der Waals surface area contributed by atoms with Crippen LogP contribution >= 0.6 is 11.3 Å². The van der Waals surface area contributed by atoms with Crippen molar-refractivity contribution in [2.24, 2.45) is 0 Å². The Bertz CT molecular complexity index is 890. The highest BCUT2D eigenvalue weighted by molar-refractivity contribution is 7.09. The lowest BCUT2D eigenvalue weighted by molar-refractivity contribution is 0.0954. The number of nitrogens with zero attached hydrogens (tertiary/aromatic N) is 1. The molecule has 0 saturated heterocycles. The van der Waals surface area contributed by atoms with Crippen LogP contribution in [0.4, 0.5) is 0 Å². The molecular formula is C21H22N2O3S. The Morgan fingerprint density at radius 3 is 2.63 bits per heavy atom. The van der Waals surface area contributed by atoms with E-state index in [0.29, 0.717) is 30.9 Å².